The molecule has 1 aliphatic rings. The lowest BCUT2D eigenvalue weighted by Crippen LogP contribution is -2.37. The minimum Gasteiger partial charge on any atom is -0.385 e. The number of hydrogen-bond donors (Lipinski definition) is 1. The number of amides is 1. The van der Waals surface area contributed by atoms with Crippen LogP contribution in [0.1, 0.15) is 31.9 Å². The van der Waals surface area contributed by atoms with Gasteiger partial charge in [0.1, 0.15) is 6.04 Å². The first-order valence-corrected chi connectivity index (χ1v) is 7.09. The van der Waals surface area contributed by atoms with E-state index in [4.69, 9.17) is 4.74 Å². The van der Waals surface area contributed by atoms with Crippen molar-refractivity contribution in [3.63, 3.8) is 0 Å². The molecule has 0 radical (unpaired) electrons. The third-order valence-electron chi connectivity index (χ3n) is 3.78. The van der Waals surface area contributed by atoms with Crippen molar-refractivity contribution in [2.75, 3.05) is 26.9 Å². The van der Waals surface area contributed by atoms with E-state index < -0.39 is 0 Å². The van der Waals surface area contributed by atoms with Gasteiger partial charge in [-0.1, -0.05) is 44.2 Å². The summed E-state index contributed by atoms with van der Waals surface area (Å²) in [6.45, 7) is 6.45. The van der Waals surface area contributed by atoms with E-state index in [0.29, 0.717) is 6.67 Å². The van der Waals surface area contributed by atoms with Gasteiger partial charge < -0.3 is 9.64 Å². The largest absolute Gasteiger partial charge is 0.385 e. The Balaban J connectivity index is 1.98. The second kappa shape index (κ2) is 6.37. The number of nitrogens with zero attached hydrogens (tertiary/aromatic N) is 1. The Morgan fingerprint density at radius 3 is 2.70 bits per heavy atom. The molecule has 4 heteroatoms. The number of rotatable bonds is 6. The van der Waals surface area contributed by atoms with E-state index in [2.05, 4.69) is 19.2 Å². The number of methoxy groups -OCH3 is 1. The van der Waals surface area contributed by atoms with Crippen molar-refractivity contribution in [3.05, 3.63) is 35.9 Å². The molecule has 0 spiro atoms. The summed E-state index contributed by atoms with van der Waals surface area (Å²) in [4.78, 5) is 14.4. The van der Waals surface area contributed by atoms with Gasteiger partial charge in [-0.05, 0) is 17.4 Å². The molecule has 0 bridgehead atoms. The van der Waals surface area contributed by atoms with Crippen molar-refractivity contribution >= 4 is 5.91 Å². The van der Waals surface area contributed by atoms with Gasteiger partial charge in [0.05, 0.1) is 6.67 Å². The molecule has 20 heavy (non-hydrogen) atoms. The third-order valence-corrected chi connectivity index (χ3v) is 3.78. The minimum atomic E-state index is -0.200. The highest BCUT2D eigenvalue weighted by Gasteiger charge is 2.35. The van der Waals surface area contributed by atoms with Gasteiger partial charge in [-0.25, -0.2) is 0 Å². The molecule has 110 valence electrons. The SMILES string of the molecule is COCCC(C)(C)CN1CNC(c2ccccc2)C1=O. The summed E-state index contributed by atoms with van der Waals surface area (Å²) in [6.07, 6.45) is 0.948. The van der Waals surface area contributed by atoms with Crippen molar-refractivity contribution in [3.8, 4) is 0 Å². The predicted octanol–water partition coefficient (Wildman–Crippen LogP) is 2.18. The molecular formula is C16H24N2O2. The number of ether oxygens (including phenoxy) is 1. The summed E-state index contributed by atoms with van der Waals surface area (Å²) < 4.78 is 5.14. The maximum Gasteiger partial charge on any atom is 0.245 e. The van der Waals surface area contributed by atoms with Crippen LogP contribution in [-0.2, 0) is 9.53 Å². The number of carbonyl (C=O) groups is 1. The van der Waals surface area contributed by atoms with Crippen LogP contribution in [0.5, 0.6) is 0 Å². The molecule has 1 saturated heterocycles. The maximum absolute atomic E-state index is 12.5. The first-order valence-electron chi connectivity index (χ1n) is 7.09. The quantitative estimate of drug-likeness (QED) is 0.866. The molecule has 1 atom stereocenters. The van der Waals surface area contributed by atoms with Gasteiger partial charge >= 0.3 is 0 Å². The molecule has 0 aromatic heterocycles. The number of nitrogens with one attached hydrogen (secondary N) is 1. The fourth-order valence-corrected chi connectivity index (χ4v) is 2.56. The van der Waals surface area contributed by atoms with Gasteiger partial charge in [-0.3, -0.25) is 10.1 Å². The van der Waals surface area contributed by atoms with Crippen LogP contribution in [0, 0.1) is 5.41 Å². The summed E-state index contributed by atoms with van der Waals surface area (Å²) in [5, 5.41) is 3.30. The van der Waals surface area contributed by atoms with Crippen molar-refractivity contribution < 1.29 is 9.53 Å². The van der Waals surface area contributed by atoms with Gasteiger partial charge in [0.15, 0.2) is 0 Å². The highest BCUT2D eigenvalue weighted by Crippen LogP contribution is 2.26. The lowest BCUT2D eigenvalue weighted by molar-refractivity contribution is -0.130. The molecule has 1 unspecified atom stereocenters. The summed E-state index contributed by atoms with van der Waals surface area (Å²) >= 11 is 0. The highest BCUT2D eigenvalue weighted by atomic mass is 16.5. The van der Waals surface area contributed by atoms with Crippen molar-refractivity contribution in [2.24, 2.45) is 5.41 Å². The van der Waals surface area contributed by atoms with Crippen LogP contribution < -0.4 is 5.32 Å². The van der Waals surface area contributed by atoms with Gasteiger partial charge in [0.2, 0.25) is 5.91 Å². The van der Waals surface area contributed by atoms with Crippen LogP contribution in [0.4, 0.5) is 0 Å². The second-order valence-corrected chi connectivity index (χ2v) is 6.15. The van der Waals surface area contributed by atoms with Gasteiger partial charge in [-0.15, -0.1) is 0 Å². The molecule has 1 heterocycles. The Labute approximate surface area is 121 Å². The Kier molecular flexibility index (Phi) is 4.78. The molecular weight excluding hydrogens is 252 g/mol. The van der Waals surface area contributed by atoms with Crippen LogP contribution >= 0.6 is 0 Å². The second-order valence-electron chi connectivity index (χ2n) is 6.15. The molecule has 0 saturated carbocycles. The lowest BCUT2D eigenvalue weighted by Gasteiger charge is -2.29. The zero-order chi connectivity index (χ0) is 14.6. The first-order chi connectivity index (χ1) is 9.53. The third kappa shape index (κ3) is 3.58. The number of carbonyl (C=O) groups excluding carboxylic acids is 1. The van der Waals surface area contributed by atoms with E-state index in [-0.39, 0.29) is 17.4 Å². The molecule has 1 amide bonds. The van der Waals surface area contributed by atoms with Crippen LogP contribution in [0.2, 0.25) is 0 Å². The average Bonchev–Trinajstić information content (AvgIpc) is 2.78. The topological polar surface area (TPSA) is 41.6 Å². The predicted molar refractivity (Wildman–Crippen MR) is 79.2 cm³/mol. The smallest absolute Gasteiger partial charge is 0.245 e. The summed E-state index contributed by atoms with van der Waals surface area (Å²) in [7, 11) is 1.71. The standard InChI is InChI=1S/C16H24N2O2/c1-16(2,9-10-20-3)11-18-12-17-14(15(18)19)13-7-5-4-6-8-13/h4-8,14,17H,9-12H2,1-3H3. The van der Waals surface area contributed by atoms with Gasteiger partial charge in [-0.2, -0.15) is 0 Å². The Hall–Kier alpha value is -1.39. The van der Waals surface area contributed by atoms with Crippen LogP contribution in [0.3, 0.4) is 0 Å². The first kappa shape index (κ1) is 15.0. The van der Waals surface area contributed by atoms with Gasteiger partial charge in [0, 0.05) is 20.3 Å². The Morgan fingerprint density at radius 1 is 1.35 bits per heavy atom. The number of hydrogen-bond acceptors (Lipinski definition) is 3. The molecule has 1 aliphatic heterocycles. The summed E-state index contributed by atoms with van der Waals surface area (Å²) in [6, 6.07) is 9.69. The van der Waals surface area contributed by atoms with Crippen LogP contribution in [-0.4, -0.2) is 37.7 Å². The lowest BCUT2D eigenvalue weighted by atomic mass is 9.89. The van der Waals surface area contributed by atoms with E-state index >= 15 is 0 Å². The van der Waals surface area contributed by atoms with E-state index in [0.717, 1.165) is 25.1 Å². The van der Waals surface area contributed by atoms with E-state index in [1.807, 2.05) is 35.2 Å². The number of benzene rings is 1. The van der Waals surface area contributed by atoms with Gasteiger partial charge in [0.25, 0.3) is 0 Å². The molecule has 1 aromatic carbocycles. The molecule has 1 aromatic rings. The van der Waals surface area contributed by atoms with Crippen molar-refractivity contribution in [2.45, 2.75) is 26.3 Å². The fourth-order valence-electron chi connectivity index (χ4n) is 2.56. The monoisotopic (exact) mass is 276 g/mol. The van der Waals surface area contributed by atoms with E-state index in [1.54, 1.807) is 7.11 Å². The summed E-state index contributed by atoms with van der Waals surface area (Å²) in [5.41, 5.74) is 1.11. The van der Waals surface area contributed by atoms with E-state index in [9.17, 15) is 4.79 Å². The molecule has 1 fully saturated rings. The molecule has 0 aliphatic carbocycles. The van der Waals surface area contributed by atoms with Crippen molar-refractivity contribution in [1.82, 2.24) is 10.2 Å². The van der Waals surface area contributed by atoms with Crippen molar-refractivity contribution in [1.29, 1.82) is 0 Å². The average molecular weight is 276 g/mol. The highest BCUT2D eigenvalue weighted by molar-refractivity contribution is 5.85. The Morgan fingerprint density at radius 2 is 2.05 bits per heavy atom. The fraction of sp³-hybridized carbons (Fsp3) is 0.562. The zero-order valence-electron chi connectivity index (χ0n) is 12.6. The molecule has 1 N–H and O–H groups in total. The Bertz CT molecular complexity index is 445. The normalized spacial score (nSPS) is 19.6. The zero-order valence-corrected chi connectivity index (χ0v) is 12.6. The summed E-state index contributed by atoms with van der Waals surface area (Å²) in [5.74, 6) is 0.168. The van der Waals surface area contributed by atoms with E-state index in [1.165, 1.54) is 0 Å². The van der Waals surface area contributed by atoms with Crippen LogP contribution in [0.25, 0.3) is 0 Å². The maximum atomic E-state index is 12.5. The molecule has 2 rings (SSSR count). The van der Waals surface area contributed by atoms with Crippen LogP contribution in [0.15, 0.2) is 30.3 Å². The minimum absolute atomic E-state index is 0.0684. The molecule has 4 nitrogen and oxygen atoms in total.